The molecule has 0 aliphatic carbocycles. The van der Waals surface area contributed by atoms with Crippen LogP contribution in [-0.2, 0) is 12.7 Å². The van der Waals surface area contributed by atoms with Crippen molar-refractivity contribution in [2.75, 3.05) is 5.32 Å². The molecule has 98 valence electrons. The summed E-state index contributed by atoms with van der Waals surface area (Å²) in [5, 5.41) is 18.1. The zero-order valence-corrected chi connectivity index (χ0v) is 9.62. The van der Waals surface area contributed by atoms with Crippen LogP contribution in [0, 0.1) is 11.3 Å². The van der Waals surface area contributed by atoms with E-state index < -0.39 is 11.7 Å². The number of anilines is 1. The Kier molecular flexibility index (Phi) is 3.42. The smallest absolute Gasteiger partial charge is 0.380 e. The number of nitrogens with zero attached hydrogens (tertiary/aromatic N) is 2. The topological polar surface area (TPSA) is 64.5 Å². The number of rotatable bonds is 3. The molecule has 0 saturated carbocycles. The minimum atomic E-state index is -4.45. The van der Waals surface area contributed by atoms with Gasteiger partial charge in [0.25, 0.3) is 0 Å². The first-order valence-corrected chi connectivity index (χ1v) is 5.33. The Bertz CT molecular complexity index is 596. The van der Waals surface area contributed by atoms with Crippen molar-refractivity contribution in [2.45, 2.75) is 12.7 Å². The van der Waals surface area contributed by atoms with Gasteiger partial charge in [-0.25, -0.2) is 0 Å². The van der Waals surface area contributed by atoms with Crippen molar-refractivity contribution in [3.05, 3.63) is 47.3 Å². The van der Waals surface area contributed by atoms with Crippen molar-refractivity contribution in [3.63, 3.8) is 0 Å². The van der Waals surface area contributed by atoms with Crippen molar-refractivity contribution in [2.24, 2.45) is 0 Å². The highest BCUT2D eigenvalue weighted by molar-refractivity contribution is 5.59. The Morgan fingerprint density at radius 2 is 2.16 bits per heavy atom. The van der Waals surface area contributed by atoms with E-state index in [-0.39, 0.29) is 5.56 Å². The average Bonchev–Trinajstić information content (AvgIpc) is 2.88. The van der Waals surface area contributed by atoms with E-state index >= 15 is 0 Å². The molecule has 2 rings (SSSR count). The molecule has 0 spiro atoms. The number of hydrogen-bond acceptors (Lipinski definition) is 3. The molecule has 0 unspecified atom stereocenters. The molecule has 1 heterocycles. The molecule has 0 aliphatic rings. The number of H-pyrrole nitrogens is 1. The van der Waals surface area contributed by atoms with Crippen LogP contribution >= 0.6 is 0 Å². The highest BCUT2D eigenvalue weighted by Crippen LogP contribution is 2.31. The standard InChI is InChI=1S/C12H9F3N4/c13-12(14,15)10-1-2-11(9(3-10)4-16)17-5-8-6-18-19-7-8/h1-3,6-7,17H,5H2,(H,18,19). The first kappa shape index (κ1) is 13.0. The number of aromatic nitrogens is 2. The van der Waals surface area contributed by atoms with Gasteiger partial charge in [-0.2, -0.15) is 23.5 Å². The van der Waals surface area contributed by atoms with Crippen molar-refractivity contribution in [1.29, 1.82) is 5.26 Å². The van der Waals surface area contributed by atoms with E-state index in [0.29, 0.717) is 12.2 Å². The van der Waals surface area contributed by atoms with Gasteiger partial charge in [0.15, 0.2) is 0 Å². The van der Waals surface area contributed by atoms with Crippen LogP contribution in [0.2, 0.25) is 0 Å². The Labute approximate surface area is 106 Å². The zero-order chi connectivity index (χ0) is 13.9. The van der Waals surface area contributed by atoms with Gasteiger partial charge in [-0.3, -0.25) is 5.10 Å². The maximum absolute atomic E-state index is 12.5. The molecule has 1 aromatic carbocycles. The summed E-state index contributed by atoms with van der Waals surface area (Å²) in [6.07, 6.45) is -1.21. The van der Waals surface area contributed by atoms with Crippen molar-refractivity contribution in [1.82, 2.24) is 10.2 Å². The molecule has 19 heavy (non-hydrogen) atoms. The molecule has 1 aromatic heterocycles. The summed E-state index contributed by atoms with van der Waals surface area (Å²) in [6, 6.07) is 4.78. The molecular weight excluding hydrogens is 257 g/mol. The van der Waals surface area contributed by atoms with Crippen LogP contribution in [-0.4, -0.2) is 10.2 Å². The highest BCUT2D eigenvalue weighted by Gasteiger charge is 2.31. The van der Waals surface area contributed by atoms with Gasteiger partial charge in [0.2, 0.25) is 0 Å². The molecule has 0 fully saturated rings. The average molecular weight is 266 g/mol. The van der Waals surface area contributed by atoms with Gasteiger partial charge in [0.1, 0.15) is 6.07 Å². The molecule has 0 atom stereocenters. The van der Waals surface area contributed by atoms with Gasteiger partial charge >= 0.3 is 6.18 Å². The lowest BCUT2D eigenvalue weighted by molar-refractivity contribution is -0.137. The number of aromatic amines is 1. The third kappa shape index (κ3) is 3.04. The number of hydrogen-bond donors (Lipinski definition) is 2. The molecule has 0 aliphatic heterocycles. The summed E-state index contributed by atoms with van der Waals surface area (Å²) >= 11 is 0. The molecule has 0 saturated heterocycles. The summed E-state index contributed by atoms with van der Waals surface area (Å²) in [5.41, 5.74) is 0.316. The van der Waals surface area contributed by atoms with Gasteiger partial charge in [-0.15, -0.1) is 0 Å². The van der Waals surface area contributed by atoms with E-state index in [2.05, 4.69) is 15.5 Å². The van der Waals surface area contributed by atoms with Crippen LogP contribution < -0.4 is 5.32 Å². The largest absolute Gasteiger partial charge is 0.416 e. The molecule has 2 N–H and O–H groups in total. The number of halogens is 3. The van der Waals surface area contributed by atoms with Gasteiger partial charge < -0.3 is 5.32 Å². The Morgan fingerprint density at radius 3 is 2.74 bits per heavy atom. The fourth-order valence-corrected chi connectivity index (χ4v) is 1.54. The van der Waals surface area contributed by atoms with E-state index in [4.69, 9.17) is 5.26 Å². The predicted octanol–water partition coefficient (Wildman–Crippen LogP) is 2.91. The number of benzene rings is 1. The van der Waals surface area contributed by atoms with E-state index in [1.807, 2.05) is 0 Å². The van der Waals surface area contributed by atoms with E-state index in [9.17, 15) is 13.2 Å². The Morgan fingerprint density at radius 1 is 1.37 bits per heavy atom. The van der Waals surface area contributed by atoms with Crippen LogP contribution in [0.4, 0.5) is 18.9 Å². The summed E-state index contributed by atoms with van der Waals surface area (Å²) in [6.45, 7) is 0.372. The van der Waals surface area contributed by atoms with Crippen LogP contribution in [0.5, 0.6) is 0 Å². The highest BCUT2D eigenvalue weighted by atomic mass is 19.4. The minimum absolute atomic E-state index is 0.0432. The summed E-state index contributed by atoms with van der Waals surface area (Å²) in [4.78, 5) is 0. The first-order chi connectivity index (χ1) is 9.00. The second-order valence-electron chi connectivity index (χ2n) is 3.83. The van der Waals surface area contributed by atoms with Gasteiger partial charge in [0, 0.05) is 18.3 Å². The van der Waals surface area contributed by atoms with Gasteiger partial charge in [-0.1, -0.05) is 0 Å². The van der Waals surface area contributed by atoms with Crippen LogP contribution in [0.15, 0.2) is 30.6 Å². The van der Waals surface area contributed by atoms with Crippen molar-refractivity contribution >= 4 is 5.69 Å². The van der Waals surface area contributed by atoms with E-state index in [1.165, 1.54) is 6.07 Å². The lowest BCUT2D eigenvalue weighted by Gasteiger charge is -2.11. The zero-order valence-electron chi connectivity index (χ0n) is 9.62. The summed E-state index contributed by atoms with van der Waals surface area (Å²) in [5.74, 6) is 0. The third-order valence-corrected chi connectivity index (χ3v) is 2.51. The molecule has 0 amide bonds. The lowest BCUT2D eigenvalue weighted by atomic mass is 10.1. The second kappa shape index (κ2) is 5.02. The number of nitrogens with one attached hydrogen (secondary N) is 2. The quantitative estimate of drug-likeness (QED) is 0.897. The maximum atomic E-state index is 12.5. The van der Waals surface area contributed by atoms with Gasteiger partial charge in [-0.05, 0) is 18.2 Å². The third-order valence-electron chi connectivity index (χ3n) is 2.51. The van der Waals surface area contributed by atoms with Gasteiger partial charge in [0.05, 0.1) is 23.0 Å². The van der Waals surface area contributed by atoms with Crippen molar-refractivity contribution < 1.29 is 13.2 Å². The fourth-order valence-electron chi connectivity index (χ4n) is 1.54. The minimum Gasteiger partial charge on any atom is -0.380 e. The van der Waals surface area contributed by atoms with Crippen LogP contribution in [0.3, 0.4) is 0 Å². The Balaban J connectivity index is 2.20. The fraction of sp³-hybridized carbons (Fsp3) is 0.167. The first-order valence-electron chi connectivity index (χ1n) is 5.33. The number of alkyl halides is 3. The van der Waals surface area contributed by atoms with Crippen LogP contribution in [0.25, 0.3) is 0 Å². The van der Waals surface area contributed by atoms with Crippen molar-refractivity contribution in [3.8, 4) is 6.07 Å². The second-order valence-corrected chi connectivity index (χ2v) is 3.83. The molecule has 4 nitrogen and oxygen atoms in total. The molecule has 0 bridgehead atoms. The number of nitriles is 1. The molecule has 2 aromatic rings. The van der Waals surface area contributed by atoms with Crippen LogP contribution in [0.1, 0.15) is 16.7 Å². The monoisotopic (exact) mass is 266 g/mol. The molecular formula is C12H9F3N4. The molecule has 7 heteroatoms. The summed E-state index contributed by atoms with van der Waals surface area (Å²) in [7, 11) is 0. The maximum Gasteiger partial charge on any atom is 0.416 e. The summed E-state index contributed by atoms with van der Waals surface area (Å²) < 4.78 is 37.5. The van der Waals surface area contributed by atoms with E-state index in [1.54, 1.807) is 18.5 Å². The normalized spacial score (nSPS) is 11.1. The predicted molar refractivity (Wildman–Crippen MR) is 62.1 cm³/mol. The SMILES string of the molecule is N#Cc1cc(C(F)(F)F)ccc1NCc1cn[nH]c1. The molecule has 0 radical (unpaired) electrons. The van der Waals surface area contributed by atoms with E-state index in [0.717, 1.165) is 17.7 Å². The lowest BCUT2D eigenvalue weighted by Crippen LogP contribution is -2.07. The Hall–Kier alpha value is -2.49.